The van der Waals surface area contributed by atoms with Gasteiger partial charge in [-0.15, -0.1) is 36.2 Å². The highest BCUT2D eigenvalue weighted by Gasteiger charge is 2.21. The Morgan fingerprint density at radius 2 is 2.30 bits per heavy atom. The summed E-state index contributed by atoms with van der Waals surface area (Å²) in [6, 6.07) is 0. The maximum Gasteiger partial charge on any atom is 0.220 e. The van der Waals surface area contributed by atoms with Crippen LogP contribution in [0.4, 0.5) is 0 Å². The highest BCUT2D eigenvalue weighted by molar-refractivity contribution is 7.11. The van der Waals surface area contributed by atoms with E-state index in [1.54, 1.807) is 11.3 Å². The number of halogens is 2. The molecule has 23 heavy (non-hydrogen) atoms. The van der Waals surface area contributed by atoms with E-state index in [1.165, 1.54) is 17.7 Å². The predicted octanol–water partition coefficient (Wildman–Crippen LogP) is 3.23. The average molecular weight is 382 g/mol. The molecule has 1 aliphatic heterocycles. The van der Waals surface area contributed by atoms with Crippen molar-refractivity contribution < 1.29 is 4.79 Å². The monoisotopic (exact) mass is 381 g/mol. The second-order valence-corrected chi connectivity index (χ2v) is 7.16. The molecule has 0 aliphatic carbocycles. The van der Waals surface area contributed by atoms with Gasteiger partial charge in [-0.05, 0) is 44.2 Å². The first kappa shape index (κ1) is 22.6. The molecule has 2 heterocycles. The Labute approximate surface area is 156 Å². The average Bonchev–Trinajstić information content (AvgIpc) is 2.96. The summed E-state index contributed by atoms with van der Waals surface area (Å²) in [5.41, 5.74) is 0. The van der Waals surface area contributed by atoms with Crippen molar-refractivity contribution in [1.29, 1.82) is 0 Å². The number of nitrogens with zero attached hydrogens (tertiary/aromatic N) is 1. The second-order valence-electron chi connectivity index (χ2n) is 5.96. The summed E-state index contributed by atoms with van der Waals surface area (Å²) >= 11 is 1.75. The fraction of sp³-hybridized carbons (Fsp3) is 0.750. The predicted molar refractivity (Wildman–Crippen MR) is 102 cm³/mol. The molecule has 1 aromatic heterocycles. The van der Waals surface area contributed by atoms with Crippen LogP contribution in [0.15, 0.2) is 6.20 Å². The summed E-state index contributed by atoms with van der Waals surface area (Å²) < 4.78 is 0. The number of piperidine rings is 1. The zero-order chi connectivity index (χ0) is 15.1. The minimum absolute atomic E-state index is 0. The molecule has 0 bridgehead atoms. The SMILES string of the molecule is CCc1cnc(CCNC(=O)CC(C)C2CCCNC2)s1.Cl.Cl. The van der Waals surface area contributed by atoms with Gasteiger partial charge in [-0.2, -0.15) is 0 Å². The lowest BCUT2D eigenvalue weighted by molar-refractivity contribution is -0.122. The van der Waals surface area contributed by atoms with Crippen molar-refractivity contribution in [3.05, 3.63) is 16.1 Å². The summed E-state index contributed by atoms with van der Waals surface area (Å²) in [5.74, 6) is 1.29. The van der Waals surface area contributed by atoms with Gasteiger partial charge in [0.2, 0.25) is 5.91 Å². The zero-order valence-corrected chi connectivity index (χ0v) is 16.4. The Morgan fingerprint density at radius 1 is 1.52 bits per heavy atom. The molecule has 2 N–H and O–H groups in total. The first-order valence-electron chi connectivity index (χ1n) is 8.10. The van der Waals surface area contributed by atoms with Crippen LogP contribution < -0.4 is 10.6 Å². The van der Waals surface area contributed by atoms with E-state index in [0.29, 0.717) is 24.8 Å². The molecule has 1 aliphatic rings. The molecule has 4 nitrogen and oxygen atoms in total. The van der Waals surface area contributed by atoms with Crippen LogP contribution in [-0.4, -0.2) is 30.5 Å². The van der Waals surface area contributed by atoms with E-state index < -0.39 is 0 Å². The van der Waals surface area contributed by atoms with Gasteiger partial charge in [-0.1, -0.05) is 13.8 Å². The smallest absolute Gasteiger partial charge is 0.220 e. The number of hydrogen-bond acceptors (Lipinski definition) is 4. The van der Waals surface area contributed by atoms with Crippen molar-refractivity contribution in [1.82, 2.24) is 15.6 Å². The van der Waals surface area contributed by atoms with Crippen LogP contribution in [0.5, 0.6) is 0 Å². The Morgan fingerprint density at radius 3 is 2.91 bits per heavy atom. The van der Waals surface area contributed by atoms with Crippen LogP contribution in [0.2, 0.25) is 0 Å². The number of hydrogen-bond donors (Lipinski definition) is 2. The number of nitrogens with one attached hydrogen (secondary N) is 2. The molecule has 134 valence electrons. The molecule has 7 heteroatoms. The number of amides is 1. The fourth-order valence-electron chi connectivity index (χ4n) is 2.83. The molecule has 2 atom stereocenters. The van der Waals surface area contributed by atoms with E-state index in [1.807, 2.05) is 6.20 Å². The van der Waals surface area contributed by atoms with E-state index in [-0.39, 0.29) is 30.7 Å². The quantitative estimate of drug-likeness (QED) is 0.761. The third-order valence-corrected chi connectivity index (χ3v) is 5.46. The van der Waals surface area contributed by atoms with E-state index >= 15 is 0 Å². The molecule has 2 rings (SSSR count). The topological polar surface area (TPSA) is 54.0 Å². The minimum Gasteiger partial charge on any atom is -0.356 e. The van der Waals surface area contributed by atoms with E-state index in [9.17, 15) is 4.79 Å². The van der Waals surface area contributed by atoms with Crippen LogP contribution in [0.1, 0.15) is 43.0 Å². The Balaban J connectivity index is 0.00000242. The number of carbonyl (C=O) groups excluding carboxylic acids is 1. The Kier molecular flexibility index (Phi) is 11.9. The van der Waals surface area contributed by atoms with Gasteiger partial charge in [0.25, 0.3) is 0 Å². The van der Waals surface area contributed by atoms with Crippen LogP contribution in [0.3, 0.4) is 0 Å². The van der Waals surface area contributed by atoms with Crippen molar-refractivity contribution in [3.63, 3.8) is 0 Å². The fourth-order valence-corrected chi connectivity index (χ4v) is 3.69. The minimum atomic E-state index is 0. The summed E-state index contributed by atoms with van der Waals surface area (Å²) in [6.45, 7) is 7.23. The van der Waals surface area contributed by atoms with E-state index in [0.717, 1.165) is 30.9 Å². The maximum atomic E-state index is 12.0. The lowest BCUT2D eigenvalue weighted by atomic mass is 9.85. The number of rotatable bonds is 7. The van der Waals surface area contributed by atoms with Gasteiger partial charge in [0.1, 0.15) is 0 Å². The molecule has 2 unspecified atom stereocenters. The number of thiazole rings is 1. The van der Waals surface area contributed by atoms with E-state index in [2.05, 4.69) is 29.5 Å². The molecule has 0 radical (unpaired) electrons. The van der Waals surface area contributed by atoms with Crippen LogP contribution in [-0.2, 0) is 17.6 Å². The van der Waals surface area contributed by atoms with Crippen molar-refractivity contribution in [2.45, 2.75) is 46.0 Å². The normalized spacial score (nSPS) is 18.4. The zero-order valence-electron chi connectivity index (χ0n) is 14.0. The highest BCUT2D eigenvalue weighted by Crippen LogP contribution is 2.22. The maximum absolute atomic E-state index is 12.0. The molecule has 0 saturated carbocycles. The molecular weight excluding hydrogens is 353 g/mol. The van der Waals surface area contributed by atoms with Crippen molar-refractivity contribution in [3.8, 4) is 0 Å². The summed E-state index contributed by atoms with van der Waals surface area (Å²) in [6.07, 6.45) is 6.96. The third-order valence-electron chi connectivity index (χ3n) is 4.26. The summed E-state index contributed by atoms with van der Waals surface area (Å²) in [5, 5.41) is 7.58. The molecule has 1 amide bonds. The van der Waals surface area contributed by atoms with Gasteiger partial charge in [0.15, 0.2) is 0 Å². The van der Waals surface area contributed by atoms with E-state index in [4.69, 9.17) is 0 Å². The van der Waals surface area contributed by atoms with Gasteiger partial charge in [-0.25, -0.2) is 4.98 Å². The first-order valence-corrected chi connectivity index (χ1v) is 8.91. The van der Waals surface area contributed by atoms with Crippen molar-refractivity contribution >= 4 is 42.1 Å². The molecule has 1 saturated heterocycles. The molecule has 0 aromatic carbocycles. The number of carbonyl (C=O) groups is 1. The van der Waals surface area contributed by atoms with Gasteiger partial charge < -0.3 is 10.6 Å². The van der Waals surface area contributed by atoms with Crippen LogP contribution >= 0.6 is 36.2 Å². The van der Waals surface area contributed by atoms with Gasteiger partial charge in [0, 0.05) is 30.5 Å². The largest absolute Gasteiger partial charge is 0.356 e. The van der Waals surface area contributed by atoms with Gasteiger partial charge in [-0.3, -0.25) is 4.79 Å². The second kappa shape index (κ2) is 12.1. The van der Waals surface area contributed by atoms with Crippen LogP contribution in [0.25, 0.3) is 0 Å². The summed E-state index contributed by atoms with van der Waals surface area (Å²) in [7, 11) is 0. The molecule has 1 aromatic rings. The molecule has 0 spiro atoms. The Bertz CT molecular complexity index is 450. The lowest BCUT2D eigenvalue weighted by Gasteiger charge is -2.28. The van der Waals surface area contributed by atoms with Crippen molar-refractivity contribution in [2.75, 3.05) is 19.6 Å². The first-order chi connectivity index (χ1) is 10.2. The van der Waals surface area contributed by atoms with Crippen molar-refractivity contribution in [2.24, 2.45) is 11.8 Å². The standard InChI is InChI=1S/C16H27N3OS.2ClH/c1-3-14-11-19-16(21-14)6-8-18-15(20)9-12(2)13-5-4-7-17-10-13;;/h11-13,17H,3-10H2,1-2H3,(H,18,20);2*1H. The molecule has 1 fully saturated rings. The highest BCUT2D eigenvalue weighted by atomic mass is 35.5. The Hall–Kier alpha value is -0.360. The van der Waals surface area contributed by atoms with Crippen LogP contribution in [0, 0.1) is 11.8 Å². The van der Waals surface area contributed by atoms with Gasteiger partial charge >= 0.3 is 0 Å². The number of aromatic nitrogens is 1. The van der Waals surface area contributed by atoms with Gasteiger partial charge in [0.05, 0.1) is 5.01 Å². The molecular formula is C16H29Cl2N3OS. The number of aryl methyl sites for hydroxylation is 1. The summed E-state index contributed by atoms with van der Waals surface area (Å²) in [4.78, 5) is 17.7. The third kappa shape index (κ3) is 7.84. The lowest BCUT2D eigenvalue weighted by Crippen LogP contribution is -2.36.